The summed E-state index contributed by atoms with van der Waals surface area (Å²) in [5, 5.41) is 1.10. The molecule has 6 nitrogen and oxygen atoms in total. The predicted molar refractivity (Wildman–Crippen MR) is 112 cm³/mol. The van der Waals surface area contributed by atoms with Crippen molar-refractivity contribution in [3.8, 4) is 0 Å². The third-order valence-electron chi connectivity index (χ3n) is 4.41. The maximum absolute atomic E-state index is 13.3. The number of benzene rings is 1. The van der Waals surface area contributed by atoms with Crippen LogP contribution in [-0.4, -0.2) is 52.5 Å². The van der Waals surface area contributed by atoms with E-state index in [0.717, 1.165) is 11.3 Å². The highest BCUT2D eigenvalue weighted by molar-refractivity contribution is 7.99. The highest BCUT2D eigenvalue weighted by Gasteiger charge is 2.36. The van der Waals surface area contributed by atoms with E-state index in [0.29, 0.717) is 16.6 Å². The van der Waals surface area contributed by atoms with Gasteiger partial charge in [-0.3, -0.25) is 4.79 Å². The van der Waals surface area contributed by atoms with Crippen LogP contribution in [0.1, 0.15) is 29.4 Å². The number of carbonyl (C=O) groups excluding carboxylic acids is 1. The van der Waals surface area contributed by atoms with Gasteiger partial charge >= 0.3 is 0 Å². The third kappa shape index (κ3) is 4.97. The van der Waals surface area contributed by atoms with Crippen LogP contribution in [0.5, 0.6) is 0 Å². The molecule has 10 heteroatoms. The average molecular weight is 460 g/mol. The second kappa shape index (κ2) is 8.98. The van der Waals surface area contributed by atoms with E-state index in [1.165, 1.54) is 22.9 Å². The number of thioether (sulfide) groups is 1. The molecule has 1 atom stereocenters. The molecule has 1 saturated heterocycles. The molecular weight excluding hydrogens is 441 g/mol. The predicted octanol–water partition coefficient (Wildman–Crippen LogP) is 3.72. The molecule has 0 spiro atoms. The summed E-state index contributed by atoms with van der Waals surface area (Å²) < 4.78 is 24.0. The van der Waals surface area contributed by atoms with E-state index in [1.54, 1.807) is 12.1 Å². The van der Waals surface area contributed by atoms with E-state index in [-0.39, 0.29) is 28.8 Å². The normalized spacial score (nSPS) is 18.2. The number of halogens is 2. The summed E-state index contributed by atoms with van der Waals surface area (Å²) in [4.78, 5) is 23.3. The number of amides is 1. The van der Waals surface area contributed by atoms with Gasteiger partial charge < -0.3 is 4.90 Å². The lowest BCUT2D eigenvalue weighted by atomic mass is 10.1. The van der Waals surface area contributed by atoms with Gasteiger partial charge in [0.25, 0.3) is 5.91 Å². The SMILES string of the molecule is CCSc1ncc(Cl)c(C(=O)N(Cc2ccccc2Cl)[C@@H]2CCS(=O)(=O)C2)n1. The number of hydrogen-bond acceptors (Lipinski definition) is 6. The van der Waals surface area contributed by atoms with E-state index in [1.807, 2.05) is 19.1 Å². The van der Waals surface area contributed by atoms with Gasteiger partial charge in [-0.25, -0.2) is 18.4 Å². The first kappa shape index (κ1) is 21.4. The van der Waals surface area contributed by atoms with Gasteiger partial charge in [-0.15, -0.1) is 0 Å². The van der Waals surface area contributed by atoms with Crippen molar-refractivity contribution in [2.75, 3.05) is 17.3 Å². The first-order chi connectivity index (χ1) is 13.3. The largest absolute Gasteiger partial charge is 0.329 e. The Morgan fingerprint density at radius 2 is 2.04 bits per heavy atom. The number of sulfone groups is 1. The average Bonchev–Trinajstić information content (AvgIpc) is 3.02. The topological polar surface area (TPSA) is 80.2 Å². The van der Waals surface area contributed by atoms with Crippen molar-refractivity contribution in [3.63, 3.8) is 0 Å². The van der Waals surface area contributed by atoms with Gasteiger partial charge in [0.2, 0.25) is 0 Å². The second-order valence-corrected chi connectivity index (χ2v) is 10.6. The molecular formula is C18H19Cl2N3O3S2. The Balaban J connectivity index is 1.97. The van der Waals surface area contributed by atoms with Crippen molar-refractivity contribution in [1.29, 1.82) is 0 Å². The molecule has 0 bridgehead atoms. The number of hydrogen-bond donors (Lipinski definition) is 0. The molecule has 1 amide bonds. The van der Waals surface area contributed by atoms with E-state index in [4.69, 9.17) is 23.2 Å². The van der Waals surface area contributed by atoms with Crippen LogP contribution >= 0.6 is 35.0 Å². The summed E-state index contributed by atoms with van der Waals surface area (Å²) in [5.74, 6) is 0.299. The number of rotatable bonds is 6. The van der Waals surface area contributed by atoms with Crippen LogP contribution in [0.3, 0.4) is 0 Å². The summed E-state index contributed by atoms with van der Waals surface area (Å²) in [6.07, 6.45) is 1.77. The minimum atomic E-state index is -3.18. The van der Waals surface area contributed by atoms with Gasteiger partial charge in [0.05, 0.1) is 22.7 Å². The Morgan fingerprint density at radius 1 is 1.29 bits per heavy atom. The maximum Gasteiger partial charge on any atom is 0.274 e. The van der Waals surface area contributed by atoms with E-state index >= 15 is 0 Å². The van der Waals surface area contributed by atoms with Crippen LogP contribution in [0.4, 0.5) is 0 Å². The monoisotopic (exact) mass is 459 g/mol. The molecule has 2 aromatic rings. The highest BCUT2D eigenvalue weighted by atomic mass is 35.5. The molecule has 1 aliphatic heterocycles. The van der Waals surface area contributed by atoms with Crippen LogP contribution in [0.2, 0.25) is 10.0 Å². The Bertz CT molecular complexity index is 986. The lowest BCUT2D eigenvalue weighted by Crippen LogP contribution is -2.41. The van der Waals surface area contributed by atoms with Crippen molar-refractivity contribution >= 4 is 50.7 Å². The van der Waals surface area contributed by atoms with Crippen LogP contribution in [0.15, 0.2) is 35.6 Å². The fraction of sp³-hybridized carbons (Fsp3) is 0.389. The zero-order chi connectivity index (χ0) is 20.3. The molecule has 0 saturated carbocycles. The Morgan fingerprint density at radius 3 is 2.68 bits per heavy atom. The van der Waals surface area contributed by atoms with Crippen molar-refractivity contribution < 1.29 is 13.2 Å². The summed E-state index contributed by atoms with van der Waals surface area (Å²) in [5.41, 5.74) is 0.805. The summed E-state index contributed by atoms with van der Waals surface area (Å²) >= 11 is 13.9. The smallest absolute Gasteiger partial charge is 0.274 e. The first-order valence-electron chi connectivity index (χ1n) is 8.71. The number of nitrogens with zero attached hydrogens (tertiary/aromatic N) is 3. The molecule has 2 heterocycles. The zero-order valence-electron chi connectivity index (χ0n) is 15.1. The van der Waals surface area contributed by atoms with Gasteiger partial charge in [-0.05, 0) is 23.8 Å². The Kier molecular flexibility index (Phi) is 6.85. The molecule has 0 radical (unpaired) electrons. The van der Waals surface area contributed by atoms with Crippen molar-refractivity contribution in [1.82, 2.24) is 14.9 Å². The van der Waals surface area contributed by atoms with Crippen molar-refractivity contribution in [2.24, 2.45) is 0 Å². The van der Waals surface area contributed by atoms with Crippen molar-refractivity contribution in [3.05, 3.63) is 51.8 Å². The van der Waals surface area contributed by atoms with Gasteiger partial charge in [0, 0.05) is 17.6 Å². The van der Waals surface area contributed by atoms with Gasteiger partial charge in [0.1, 0.15) is 0 Å². The fourth-order valence-electron chi connectivity index (χ4n) is 3.03. The Hall–Kier alpha value is -1.35. The summed E-state index contributed by atoms with van der Waals surface area (Å²) in [6, 6.07) is 6.71. The molecule has 0 aliphatic carbocycles. The molecule has 1 fully saturated rings. The van der Waals surface area contributed by atoms with Gasteiger partial charge in [0.15, 0.2) is 20.7 Å². The minimum Gasteiger partial charge on any atom is -0.329 e. The van der Waals surface area contributed by atoms with Crippen LogP contribution in [0.25, 0.3) is 0 Å². The molecule has 28 heavy (non-hydrogen) atoms. The first-order valence-corrected chi connectivity index (χ1v) is 12.3. The molecule has 150 valence electrons. The second-order valence-electron chi connectivity index (χ2n) is 6.36. The molecule has 1 aliphatic rings. The summed E-state index contributed by atoms with van der Waals surface area (Å²) in [7, 11) is -3.18. The summed E-state index contributed by atoms with van der Waals surface area (Å²) in [6.45, 7) is 2.13. The van der Waals surface area contributed by atoms with Crippen LogP contribution in [-0.2, 0) is 16.4 Å². The zero-order valence-corrected chi connectivity index (χ0v) is 18.3. The third-order valence-corrected chi connectivity index (χ3v) is 7.55. The molecule has 0 unspecified atom stereocenters. The highest BCUT2D eigenvalue weighted by Crippen LogP contribution is 2.27. The maximum atomic E-state index is 13.3. The lowest BCUT2D eigenvalue weighted by Gasteiger charge is -2.28. The number of carbonyl (C=O) groups is 1. The standard InChI is InChI=1S/C18H19Cl2N3O3S2/c1-2-27-18-21-9-15(20)16(22-18)17(24)23(13-7-8-28(25,26)11-13)10-12-5-3-4-6-14(12)19/h3-6,9,13H,2,7-8,10-11H2,1H3/t13-/m1/s1. The molecule has 1 aromatic carbocycles. The van der Waals surface area contributed by atoms with Gasteiger partial charge in [-0.2, -0.15) is 0 Å². The fourth-order valence-corrected chi connectivity index (χ4v) is 5.67. The number of aromatic nitrogens is 2. The van der Waals surface area contributed by atoms with E-state index in [2.05, 4.69) is 9.97 Å². The molecule has 0 N–H and O–H groups in total. The molecule has 3 rings (SSSR count). The van der Waals surface area contributed by atoms with E-state index in [9.17, 15) is 13.2 Å². The van der Waals surface area contributed by atoms with Crippen LogP contribution < -0.4 is 0 Å². The quantitative estimate of drug-likeness (QED) is 0.483. The Labute approximate surface area is 178 Å². The lowest BCUT2D eigenvalue weighted by molar-refractivity contribution is 0.0674. The van der Waals surface area contributed by atoms with E-state index < -0.39 is 21.8 Å². The minimum absolute atomic E-state index is 0.0540. The molecule has 1 aromatic heterocycles. The van der Waals surface area contributed by atoms with Crippen molar-refractivity contribution in [2.45, 2.75) is 31.1 Å². The van der Waals surface area contributed by atoms with Crippen LogP contribution in [0, 0.1) is 0 Å². The van der Waals surface area contributed by atoms with Gasteiger partial charge in [-0.1, -0.05) is 60.1 Å².